The Morgan fingerprint density at radius 1 is 0.474 bits per heavy atom. The summed E-state index contributed by atoms with van der Waals surface area (Å²) in [6, 6.07) is 24.1. The van der Waals surface area contributed by atoms with Crippen LogP contribution in [0, 0.1) is 0 Å². The van der Waals surface area contributed by atoms with Crippen LogP contribution in [0.15, 0.2) is 66.7 Å². The Balaban J connectivity index is 2.43. The largest absolute Gasteiger partial charge is 0.139 e. The monoisotopic (exact) mass is 240 g/mol. The molecule has 0 heterocycles. The second-order valence-electron chi connectivity index (χ2n) is 5.14. The van der Waals surface area contributed by atoms with Crippen molar-refractivity contribution in [1.29, 1.82) is 0 Å². The zero-order chi connectivity index (χ0) is 12.8. The van der Waals surface area contributed by atoms with Gasteiger partial charge in [0.25, 0.3) is 0 Å². The lowest BCUT2D eigenvalue weighted by atomic mass is 9.89. The Labute approximate surface area is 113 Å². The first-order chi connectivity index (χ1) is 9.34. The summed E-state index contributed by atoms with van der Waals surface area (Å²) in [7, 11) is 2.16. The molecule has 0 aliphatic rings. The van der Waals surface area contributed by atoms with E-state index in [9.17, 15) is 0 Å². The lowest BCUT2D eigenvalue weighted by molar-refractivity contribution is 1.79. The topological polar surface area (TPSA) is 0 Å². The Morgan fingerprint density at radius 3 is 1.42 bits per heavy atom. The molecule has 1 heteroatoms. The Kier molecular flexibility index (Phi) is 2.16. The van der Waals surface area contributed by atoms with Gasteiger partial charge in [0.2, 0.25) is 0 Å². The summed E-state index contributed by atoms with van der Waals surface area (Å²) in [4.78, 5) is 0. The van der Waals surface area contributed by atoms with Gasteiger partial charge in [-0.1, -0.05) is 72.2 Å². The molecule has 0 aliphatic heterocycles. The van der Waals surface area contributed by atoms with Crippen molar-refractivity contribution in [2.75, 3.05) is 0 Å². The molecule has 0 N–H and O–H groups in total. The summed E-state index contributed by atoms with van der Waals surface area (Å²) in [5.74, 6) is 0. The lowest BCUT2D eigenvalue weighted by Gasteiger charge is -2.10. The number of rotatable bonds is 0. The van der Waals surface area contributed by atoms with Crippen LogP contribution >= 0.6 is 0 Å². The quantitative estimate of drug-likeness (QED) is 0.326. The molecule has 0 saturated carbocycles. The van der Waals surface area contributed by atoms with Crippen LogP contribution in [0.3, 0.4) is 0 Å². The van der Waals surface area contributed by atoms with Crippen LogP contribution in [-0.2, 0) is 0 Å². The van der Waals surface area contributed by atoms with Gasteiger partial charge in [0, 0.05) is 0 Å². The van der Waals surface area contributed by atoms with Gasteiger partial charge in [-0.15, -0.1) is 0 Å². The van der Waals surface area contributed by atoms with Crippen LogP contribution < -0.4 is 5.46 Å². The first-order valence-electron chi connectivity index (χ1n) is 6.64. The van der Waals surface area contributed by atoms with Gasteiger partial charge >= 0.3 is 0 Å². The highest BCUT2D eigenvalue weighted by atomic mass is 14.1. The van der Waals surface area contributed by atoms with Crippen molar-refractivity contribution in [3.05, 3.63) is 66.7 Å². The molecule has 0 fully saturated rings. The summed E-state index contributed by atoms with van der Waals surface area (Å²) < 4.78 is 0. The first kappa shape index (κ1) is 10.6. The van der Waals surface area contributed by atoms with Crippen molar-refractivity contribution in [3.63, 3.8) is 0 Å². The molecule has 4 aromatic carbocycles. The normalized spacial score (nSPS) is 11.4. The number of hydrogen-bond donors (Lipinski definition) is 0. The number of fused-ring (bicyclic) bond motifs is 6. The van der Waals surface area contributed by atoms with Crippen LogP contribution in [0.25, 0.3) is 32.3 Å². The van der Waals surface area contributed by atoms with E-state index in [0.29, 0.717) is 0 Å². The Morgan fingerprint density at radius 2 is 0.895 bits per heavy atom. The maximum atomic E-state index is 2.30. The number of benzene rings is 4. The zero-order valence-electron chi connectivity index (χ0n) is 10.9. The second-order valence-corrected chi connectivity index (χ2v) is 5.14. The van der Waals surface area contributed by atoms with Crippen LogP contribution in [0.4, 0.5) is 0 Å². The van der Waals surface area contributed by atoms with E-state index >= 15 is 0 Å². The molecule has 0 aromatic heterocycles. The fraction of sp³-hybridized carbons (Fsp3) is 0. The maximum absolute atomic E-state index is 2.30. The van der Waals surface area contributed by atoms with Crippen molar-refractivity contribution in [2.24, 2.45) is 0 Å². The van der Waals surface area contributed by atoms with E-state index in [-0.39, 0.29) is 0 Å². The van der Waals surface area contributed by atoms with Crippen molar-refractivity contribution in [3.8, 4) is 0 Å². The predicted octanol–water partition coefficient (Wildman–Crippen LogP) is 3.40. The van der Waals surface area contributed by atoms with Gasteiger partial charge in [0.15, 0.2) is 0 Å². The zero-order valence-corrected chi connectivity index (χ0v) is 10.9. The van der Waals surface area contributed by atoms with Gasteiger partial charge in [-0.3, -0.25) is 0 Å². The molecular weight excluding hydrogens is 227 g/mol. The molecule has 0 radical (unpaired) electrons. The van der Waals surface area contributed by atoms with Crippen LogP contribution in [0.1, 0.15) is 0 Å². The van der Waals surface area contributed by atoms with Gasteiger partial charge in [-0.25, -0.2) is 0 Å². The molecule has 0 spiro atoms. The fourth-order valence-corrected chi connectivity index (χ4v) is 3.02. The minimum Gasteiger partial charge on any atom is -0.0883 e. The van der Waals surface area contributed by atoms with Gasteiger partial charge in [0.05, 0.1) is 0 Å². The van der Waals surface area contributed by atoms with Crippen molar-refractivity contribution < 1.29 is 0 Å². The average molecular weight is 240 g/mol. The first-order valence-corrected chi connectivity index (χ1v) is 6.64. The highest BCUT2D eigenvalue weighted by molar-refractivity contribution is 6.35. The van der Waals surface area contributed by atoms with Gasteiger partial charge in [-0.2, -0.15) is 0 Å². The maximum Gasteiger partial charge on any atom is 0.139 e. The van der Waals surface area contributed by atoms with Crippen LogP contribution in [-0.4, -0.2) is 7.85 Å². The Bertz CT molecular complexity index is 887. The SMILES string of the molecule is Bc1ccc2c3ccccc3c3ccccc3c2c1. The van der Waals surface area contributed by atoms with Crippen LogP contribution in [0.2, 0.25) is 0 Å². The van der Waals surface area contributed by atoms with E-state index in [1.165, 1.54) is 37.8 Å². The van der Waals surface area contributed by atoms with Crippen LogP contribution in [0.5, 0.6) is 0 Å². The molecule has 4 rings (SSSR count). The molecule has 88 valence electrons. The van der Waals surface area contributed by atoms with Crippen molar-refractivity contribution in [1.82, 2.24) is 0 Å². The molecule has 0 saturated heterocycles. The standard InChI is InChI=1S/C18H13B/c19-12-9-10-17-15-7-2-1-5-13(15)14-6-3-4-8-16(14)18(17)11-12/h1-11H,19H2. The van der Waals surface area contributed by atoms with E-state index in [4.69, 9.17) is 0 Å². The highest BCUT2D eigenvalue weighted by Gasteiger charge is 2.07. The Hall–Kier alpha value is -2.28. The molecule has 0 nitrogen and oxygen atoms in total. The van der Waals surface area contributed by atoms with E-state index in [2.05, 4.69) is 74.6 Å². The molecule has 0 bridgehead atoms. The fourth-order valence-electron chi connectivity index (χ4n) is 3.02. The summed E-state index contributed by atoms with van der Waals surface area (Å²) in [6.45, 7) is 0. The summed E-state index contributed by atoms with van der Waals surface area (Å²) in [5.41, 5.74) is 1.31. The minimum atomic E-state index is 1.31. The molecule has 19 heavy (non-hydrogen) atoms. The molecule has 0 atom stereocenters. The van der Waals surface area contributed by atoms with Gasteiger partial charge in [0.1, 0.15) is 7.85 Å². The van der Waals surface area contributed by atoms with Crippen molar-refractivity contribution >= 4 is 45.6 Å². The second kappa shape index (κ2) is 3.86. The average Bonchev–Trinajstić information content (AvgIpc) is 2.47. The van der Waals surface area contributed by atoms with E-state index in [1.807, 2.05) is 0 Å². The third-order valence-corrected chi connectivity index (χ3v) is 3.90. The van der Waals surface area contributed by atoms with Gasteiger partial charge in [-0.05, 0) is 32.3 Å². The smallest absolute Gasteiger partial charge is 0.0883 e. The summed E-state index contributed by atoms with van der Waals surface area (Å²) in [5, 5.41) is 8.08. The van der Waals surface area contributed by atoms with Gasteiger partial charge < -0.3 is 0 Å². The molecule has 0 unspecified atom stereocenters. The van der Waals surface area contributed by atoms with E-state index in [0.717, 1.165) is 0 Å². The van der Waals surface area contributed by atoms with Crippen molar-refractivity contribution in [2.45, 2.75) is 0 Å². The summed E-state index contributed by atoms with van der Waals surface area (Å²) in [6.07, 6.45) is 0. The molecule has 0 amide bonds. The predicted molar refractivity (Wildman–Crippen MR) is 87.1 cm³/mol. The minimum absolute atomic E-state index is 1.31. The third-order valence-electron chi connectivity index (χ3n) is 3.90. The highest BCUT2D eigenvalue weighted by Crippen LogP contribution is 2.33. The molecular formula is C18H13B. The summed E-state index contributed by atoms with van der Waals surface area (Å²) >= 11 is 0. The van der Waals surface area contributed by atoms with E-state index in [1.54, 1.807) is 0 Å². The number of hydrogen-bond acceptors (Lipinski definition) is 0. The lowest BCUT2D eigenvalue weighted by Crippen LogP contribution is -2.00. The third kappa shape index (κ3) is 1.48. The molecule has 0 aliphatic carbocycles. The van der Waals surface area contributed by atoms with E-state index < -0.39 is 0 Å². The molecule has 4 aromatic rings.